The lowest BCUT2D eigenvalue weighted by atomic mass is 9.91. The van der Waals surface area contributed by atoms with Gasteiger partial charge in [-0.2, -0.15) is 0 Å². The van der Waals surface area contributed by atoms with Crippen LogP contribution in [-0.4, -0.2) is 37.1 Å². The molecule has 1 heterocycles. The summed E-state index contributed by atoms with van der Waals surface area (Å²) in [5.41, 5.74) is -0.540. The lowest BCUT2D eigenvalue weighted by molar-refractivity contribution is -0.385. The van der Waals surface area contributed by atoms with Crippen LogP contribution >= 0.6 is 0 Å². The highest BCUT2D eigenvalue weighted by Crippen LogP contribution is 2.38. The largest absolute Gasteiger partial charge is 0.490 e. The van der Waals surface area contributed by atoms with E-state index in [1.807, 2.05) is 30.3 Å². The maximum Gasteiger partial charge on any atom is 0.342 e. The number of hydrogen-bond donors (Lipinski definition) is 0. The highest BCUT2D eigenvalue weighted by molar-refractivity contribution is 5.99. The maximum absolute atomic E-state index is 12.8. The number of ether oxygens (including phenoxy) is 3. The molecule has 1 atom stereocenters. The molecule has 1 unspecified atom stereocenters. The molecular formula is C19H18N2O6. The molecule has 0 aromatic heterocycles. The zero-order valence-electron chi connectivity index (χ0n) is 14.9. The van der Waals surface area contributed by atoms with Crippen LogP contribution in [0.2, 0.25) is 0 Å². The molecule has 140 valence electrons. The van der Waals surface area contributed by atoms with Crippen LogP contribution in [0.3, 0.4) is 0 Å². The van der Waals surface area contributed by atoms with E-state index in [1.165, 1.54) is 25.3 Å². The summed E-state index contributed by atoms with van der Waals surface area (Å²) in [6.07, 6.45) is 0. The Morgan fingerprint density at radius 1 is 1.30 bits per heavy atom. The lowest BCUT2D eigenvalue weighted by Crippen LogP contribution is -2.37. The van der Waals surface area contributed by atoms with E-state index in [4.69, 9.17) is 14.2 Å². The molecule has 2 aromatic rings. The minimum absolute atomic E-state index is 0.0320. The summed E-state index contributed by atoms with van der Waals surface area (Å²) in [7, 11) is 1.33. The fraction of sp³-hybridized carbons (Fsp3) is 0.263. The molecule has 0 saturated heterocycles. The van der Waals surface area contributed by atoms with E-state index in [1.54, 1.807) is 6.92 Å². The number of carbonyl (C=O) groups excluding carboxylic acids is 1. The van der Waals surface area contributed by atoms with E-state index in [9.17, 15) is 14.9 Å². The van der Waals surface area contributed by atoms with E-state index in [0.29, 0.717) is 11.5 Å². The molecule has 0 N–H and O–H groups in total. The number of methoxy groups -OCH3 is 1. The summed E-state index contributed by atoms with van der Waals surface area (Å²) in [5, 5.41) is 11.1. The lowest BCUT2D eigenvalue weighted by Gasteiger charge is -2.22. The molecule has 0 spiro atoms. The molecule has 8 nitrogen and oxygen atoms in total. The van der Waals surface area contributed by atoms with Crippen molar-refractivity contribution in [2.75, 3.05) is 20.3 Å². The van der Waals surface area contributed by atoms with Crippen LogP contribution in [0.5, 0.6) is 5.75 Å². The molecule has 27 heavy (non-hydrogen) atoms. The van der Waals surface area contributed by atoms with Gasteiger partial charge in [0.1, 0.15) is 6.61 Å². The summed E-state index contributed by atoms with van der Waals surface area (Å²) in [4.78, 5) is 27.9. The second kappa shape index (κ2) is 7.45. The predicted octanol–water partition coefficient (Wildman–Crippen LogP) is 2.84. The van der Waals surface area contributed by atoms with Crippen molar-refractivity contribution in [3.8, 4) is 5.75 Å². The first kappa shape index (κ1) is 18.4. The zero-order chi connectivity index (χ0) is 19.4. The number of nitrogens with zero attached hydrogens (tertiary/aromatic N) is 2. The standard InChI is InChI=1S/C19H18N2O6/c1-3-26-18(22)19(12-27-17(20-19)13-7-5-4-6-8-13)14-9-10-15(21(23)24)16(11-14)25-2/h4-11H,3,12H2,1-2H3. The van der Waals surface area contributed by atoms with Gasteiger partial charge < -0.3 is 14.2 Å². The molecule has 0 radical (unpaired) electrons. The van der Waals surface area contributed by atoms with Gasteiger partial charge in [-0.25, -0.2) is 9.79 Å². The molecule has 0 saturated carbocycles. The Morgan fingerprint density at radius 3 is 2.67 bits per heavy atom. The predicted molar refractivity (Wildman–Crippen MR) is 96.9 cm³/mol. The summed E-state index contributed by atoms with van der Waals surface area (Å²) in [6.45, 7) is 1.79. The van der Waals surface area contributed by atoms with Crippen molar-refractivity contribution in [2.24, 2.45) is 4.99 Å². The van der Waals surface area contributed by atoms with Crippen LogP contribution in [-0.2, 0) is 19.8 Å². The van der Waals surface area contributed by atoms with Crippen molar-refractivity contribution in [3.63, 3.8) is 0 Å². The minimum Gasteiger partial charge on any atom is -0.490 e. The van der Waals surface area contributed by atoms with Gasteiger partial charge in [0, 0.05) is 11.6 Å². The van der Waals surface area contributed by atoms with Crippen molar-refractivity contribution >= 4 is 17.6 Å². The number of benzene rings is 2. The topological polar surface area (TPSA) is 100 Å². The first-order valence-corrected chi connectivity index (χ1v) is 8.30. The first-order chi connectivity index (χ1) is 13.0. The van der Waals surface area contributed by atoms with Crippen molar-refractivity contribution in [3.05, 3.63) is 69.8 Å². The van der Waals surface area contributed by atoms with Gasteiger partial charge in [0.25, 0.3) is 0 Å². The fourth-order valence-corrected chi connectivity index (χ4v) is 2.85. The second-order valence-corrected chi connectivity index (χ2v) is 5.80. The van der Waals surface area contributed by atoms with Gasteiger partial charge in [-0.15, -0.1) is 0 Å². The van der Waals surface area contributed by atoms with E-state index in [0.717, 1.165) is 5.56 Å². The Bertz CT molecular complexity index is 896. The van der Waals surface area contributed by atoms with Gasteiger partial charge in [-0.1, -0.05) is 18.2 Å². The van der Waals surface area contributed by atoms with E-state index >= 15 is 0 Å². The van der Waals surface area contributed by atoms with Gasteiger partial charge in [0.05, 0.1) is 18.6 Å². The molecule has 2 aromatic carbocycles. The Labute approximate surface area is 155 Å². The number of carbonyl (C=O) groups is 1. The SMILES string of the molecule is CCOC(=O)C1(c2ccc([N+](=O)[O-])c(OC)c2)COC(c2ccccc2)=N1. The average molecular weight is 370 g/mol. The number of aliphatic imine (C=N–C) groups is 1. The second-order valence-electron chi connectivity index (χ2n) is 5.80. The van der Waals surface area contributed by atoms with Gasteiger partial charge in [-0.3, -0.25) is 10.1 Å². The Kier molecular flexibility index (Phi) is 5.07. The van der Waals surface area contributed by atoms with Crippen LogP contribution in [0.1, 0.15) is 18.1 Å². The smallest absolute Gasteiger partial charge is 0.342 e. The molecule has 3 rings (SSSR count). The summed E-state index contributed by atoms with van der Waals surface area (Å²) < 4.78 is 16.0. The van der Waals surface area contributed by atoms with Gasteiger partial charge in [0.15, 0.2) is 5.75 Å². The summed E-state index contributed by atoms with van der Waals surface area (Å²) >= 11 is 0. The number of hydrogen-bond acceptors (Lipinski definition) is 7. The number of nitro benzene ring substituents is 1. The molecule has 1 aliphatic heterocycles. The fourth-order valence-electron chi connectivity index (χ4n) is 2.85. The van der Waals surface area contributed by atoms with E-state index in [-0.39, 0.29) is 24.7 Å². The minimum atomic E-state index is -1.45. The zero-order valence-corrected chi connectivity index (χ0v) is 14.9. The number of rotatable bonds is 6. The van der Waals surface area contributed by atoms with Crippen LogP contribution < -0.4 is 4.74 Å². The highest BCUT2D eigenvalue weighted by atomic mass is 16.6. The van der Waals surface area contributed by atoms with Gasteiger partial charge in [0.2, 0.25) is 11.4 Å². The molecule has 0 bridgehead atoms. The third-order valence-electron chi connectivity index (χ3n) is 4.20. The van der Waals surface area contributed by atoms with Crippen LogP contribution in [0.4, 0.5) is 5.69 Å². The molecule has 0 aliphatic carbocycles. The van der Waals surface area contributed by atoms with Crippen LogP contribution in [0, 0.1) is 10.1 Å². The van der Waals surface area contributed by atoms with Crippen molar-refractivity contribution in [1.29, 1.82) is 0 Å². The maximum atomic E-state index is 12.8. The number of nitro groups is 1. The van der Waals surface area contributed by atoms with Crippen molar-refractivity contribution in [1.82, 2.24) is 0 Å². The quantitative estimate of drug-likeness (QED) is 0.440. The molecule has 8 heteroatoms. The van der Waals surface area contributed by atoms with Crippen molar-refractivity contribution in [2.45, 2.75) is 12.5 Å². The third-order valence-corrected chi connectivity index (χ3v) is 4.20. The molecule has 0 amide bonds. The highest BCUT2D eigenvalue weighted by Gasteiger charge is 2.48. The van der Waals surface area contributed by atoms with Crippen LogP contribution in [0.15, 0.2) is 53.5 Å². The molecule has 1 aliphatic rings. The number of esters is 1. The molecule has 0 fully saturated rings. The first-order valence-electron chi connectivity index (χ1n) is 8.30. The monoisotopic (exact) mass is 370 g/mol. The molecular weight excluding hydrogens is 352 g/mol. The van der Waals surface area contributed by atoms with Crippen LogP contribution in [0.25, 0.3) is 0 Å². The van der Waals surface area contributed by atoms with Gasteiger partial charge in [-0.05, 0) is 36.8 Å². The summed E-state index contributed by atoms with van der Waals surface area (Å²) in [6, 6.07) is 13.3. The Hall–Kier alpha value is -3.42. The third kappa shape index (κ3) is 3.33. The Balaban J connectivity index is 2.12. The average Bonchev–Trinajstić information content (AvgIpc) is 3.15. The normalized spacial score (nSPS) is 18.4. The summed E-state index contributed by atoms with van der Waals surface area (Å²) in [5.74, 6) is -0.252. The van der Waals surface area contributed by atoms with Crippen molar-refractivity contribution < 1.29 is 23.9 Å². The van der Waals surface area contributed by atoms with E-state index < -0.39 is 16.4 Å². The van der Waals surface area contributed by atoms with E-state index in [2.05, 4.69) is 4.99 Å². The van der Waals surface area contributed by atoms with Gasteiger partial charge >= 0.3 is 11.7 Å². The Morgan fingerprint density at radius 2 is 2.04 bits per heavy atom.